The van der Waals surface area contributed by atoms with Crippen molar-refractivity contribution in [3.63, 3.8) is 0 Å². The van der Waals surface area contributed by atoms with E-state index in [9.17, 15) is 0 Å². The Labute approximate surface area is 114 Å². The topological polar surface area (TPSA) is 24.5 Å². The van der Waals surface area contributed by atoms with Gasteiger partial charge in [-0.25, -0.2) is 0 Å². The Hall–Kier alpha value is -0.420. The monoisotopic (exact) mass is 268 g/mol. The van der Waals surface area contributed by atoms with Crippen molar-refractivity contribution in [2.75, 3.05) is 32.8 Å². The highest BCUT2D eigenvalue weighted by Crippen LogP contribution is 2.10. The average molecular weight is 268 g/mol. The second-order valence-corrected chi connectivity index (χ2v) is 5.90. The summed E-state index contributed by atoms with van der Waals surface area (Å²) in [4.78, 5) is 2.52. The standard InChI is InChI=1S/C14H24N2OS/c1-12-10-17-13(2)9-16(12)7-6-15-5-3-14-4-8-18-11-14/h4,8,11-13,15H,3,5-7,9-10H2,1-2H3. The highest BCUT2D eigenvalue weighted by atomic mass is 32.1. The summed E-state index contributed by atoms with van der Waals surface area (Å²) in [7, 11) is 0. The van der Waals surface area contributed by atoms with Crippen LogP contribution in [0.15, 0.2) is 16.8 Å². The molecule has 1 N–H and O–H groups in total. The maximum absolute atomic E-state index is 5.64. The molecule has 18 heavy (non-hydrogen) atoms. The number of ether oxygens (including phenoxy) is 1. The summed E-state index contributed by atoms with van der Waals surface area (Å²) in [6, 6.07) is 2.76. The zero-order chi connectivity index (χ0) is 12.8. The second kappa shape index (κ2) is 7.24. The minimum atomic E-state index is 0.381. The molecule has 2 heterocycles. The van der Waals surface area contributed by atoms with Crippen molar-refractivity contribution in [2.45, 2.75) is 32.4 Å². The number of rotatable bonds is 6. The zero-order valence-corrected chi connectivity index (χ0v) is 12.2. The molecule has 1 aromatic heterocycles. The van der Waals surface area contributed by atoms with E-state index in [-0.39, 0.29) is 0 Å². The fraction of sp³-hybridized carbons (Fsp3) is 0.714. The minimum Gasteiger partial charge on any atom is -0.376 e. The fourth-order valence-electron chi connectivity index (χ4n) is 2.30. The first-order valence-corrected chi connectivity index (χ1v) is 7.77. The molecule has 1 aromatic rings. The van der Waals surface area contributed by atoms with E-state index in [1.54, 1.807) is 11.3 Å². The molecular weight excluding hydrogens is 244 g/mol. The molecule has 0 spiro atoms. The van der Waals surface area contributed by atoms with Crippen LogP contribution in [0.5, 0.6) is 0 Å². The van der Waals surface area contributed by atoms with E-state index in [2.05, 4.69) is 40.9 Å². The van der Waals surface area contributed by atoms with Gasteiger partial charge >= 0.3 is 0 Å². The van der Waals surface area contributed by atoms with Gasteiger partial charge in [-0.2, -0.15) is 11.3 Å². The quantitative estimate of drug-likeness (QED) is 0.799. The second-order valence-electron chi connectivity index (χ2n) is 5.12. The summed E-state index contributed by atoms with van der Waals surface area (Å²) in [5, 5.41) is 7.90. The molecule has 1 aliphatic rings. The normalized spacial score (nSPS) is 25.4. The molecule has 1 fully saturated rings. The van der Waals surface area contributed by atoms with Gasteiger partial charge in [0, 0.05) is 25.7 Å². The van der Waals surface area contributed by atoms with Gasteiger partial charge in [-0.15, -0.1) is 0 Å². The third-order valence-corrected chi connectivity index (χ3v) is 4.22. The van der Waals surface area contributed by atoms with Crippen molar-refractivity contribution < 1.29 is 4.74 Å². The van der Waals surface area contributed by atoms with E-state index in [0.29, 0.717) is 12.1 Å². The third kappa shape index (κ3) is 4.35. The summed E-state index contributed by atoms with van der Waals surface area (Å²) in [6.45, 7) is 9.61. The Balaban J connectivity index is 1.57. The van der Waals surface area contributed by atoms with E-state index in [1.807, 2.05) is 0 Å². The van der Waals surface area contributed by atoms with Crippen molar-refractivity contribution in [3.8, 4) is 0 Å². The van der Waals surface area contributed by atoms with Crippen LogP contribution in [0.2, 0.25) is 0 Å². The number of nitrogens with zero attached hydrogens (tertiary/aromatic N) is 1. The van der Waals surface area contributed by atoms with Crippen LogP contribution in [0.1, 0.15) is 19.4 Å². The Morgan fingerprint density at radius 1 is 1.44 bits per heavy atom. The average Bonchev–Trinajstić information content (AvgIpc) is 2.86. The van der Waals surface area contributed by atoms with E-state index < -0.39 is 0 Å². The van der Waals surface area contributed by atoms with Gasteiger partial charge < -0.3 is 10.1 Å². The number of thiophene rings is 1. The summed E-state index contributed by atoms with van der Waals surface area (Å²) < 4.78 is 5.64. The van der Waals surface area contributed by atoms with Crippen LogP contribution in [-0.4, -0.2) is 49.8 Å². The van der Waals surface area contributed by atoms with Crippen molar-refractivity contribution in [1.82, 2.24) is 10.2 Å². The molecule has 1 aliphatic heterocycles. The highest BCUT2D eigenvalue weighted by Gasteiger charge is 2.22. The summed E-state index contributed by atoms with van der Waals surface area (Å²) >= 11 is 1.78. The smallest absolute Gasteiger partial charge is 0.0674 e. The van der Waals surface area contributed by atoms with E-state index in [1.165, 1.54) is 5.56 Å². The van der Waals surface area contributed by atoms with Crippen LogP contribution in [0.3, 0.4) is 0 Å². The lowest BCUT2D eigenvalue weighted by atomic mass is 10.2. The van der Waals surface area contributed by atoms with Crippen molar-refractivity contribution in [2.24, 2.45) is 0 Å². The maximum atomic E-state index is 5.64. The predicted octanol–water partition coefficient (Wildman–Crippen LogP) is 1.99. The number of hydrogen-bond acceptors (Lipinski definition) is 4. The first-order valence-electron chi connectivity index (χ1n) is 6.83. The molecule has 2 rings (SSSR count). The minimum absolute atomic E-state index is 0.381. The van der Waals surface area contributed by atoms with Crippen LogP contribution in [-0.2, 0) is 11.2 Å². The first kappa shape index (κ1) is 14.0. The van der Waals surface area contributed by atoms with Gasteiger partial charge in [-0.1, -0.05) is 0 Å². The molecule has 0 bridgehead atoms. The van der Waals surface area contributed by atoms with Gasteiger partial charge in [-0.05, 0) is 49.2 Å². The van der Waals surface area contributed by atoms with E-state index in [0.717, 1.165) is 39.2 Å². The molecule has 4 heteroatoms. The molecule has 3 nitrogen and oxygen atoms in total. The summed E-state index contributed by atoms with van der Waals surface area (Å²) in [5.74, 6) is 0. The molecule has 1 saturated heterocycles. The van der Waals surface area contributed by atoms with Crippen molar-refractivity contribution in [1.29, 1.82) is 0 Å². The number of morpholine rings is 1. The van der Waals surface area contributed by atoms with Gasteiger partial charge in [0.25, 0.3) is 0 Å². The van der Waals surface area contributed by atoms with Crippen LogP contribution < -0.4 is 5.32 Å². The van der Waals surface area contributed by atoms with Gasteiger partial charge in [0.2, 0.25) is 0 Å². The zero-order valence-electron chi connectivity index (χ0n) is 11.4. The molecule has 0 aliphatic carbocycles. The third-order valence-electron chi connectivity index (χ3n) is 3.48. The molecule has 0 radical (unpaired) electrons. The van der Waals surface area contributed by atoms with Crippen LogP contribution >= 0.6 is 11.3 Å². The summed E-state index contributed by atoms with van der Waals surface area (Å²) in [5.41, 5.74) is 1.45. The van der Waals surface area contributed by atoms with E-state index in [4.69, 9.17) is 4.74 Å². The van der Waals surface area contributed by atoms with Crippen LogP contribution in [0.25, 0.3) is 0 Å². The van der Waals surface area contributed by atoms with Gasteiger partial charge in [-0.3, -0.25) is 4.90 Å². The summed E-state index contributed by atoms with van der Waals surface area (Å²) in [6.07, 6.45) is 1.52. The van der Waals surface area contributed by atoms with Gasteiger partial charge in [0.05, 0.1) is 12.7 Å². The Morgan fingerprint density at radius 3 is 3.11 bits per heavy atom. The first-order chi connectivity index (χ1) is 8.75. The Kier molecular flexibility index (Phi) is 5.63. The molecular formula is C14H24N2OS. The molecule has 2 atom stereocenters. The largest absolute Gasteiger partial charge is 0.376 e. The SMILES string of the molecule is CC1CN(CCNCCc2ccsc2)C(C)CO1. The van der Waals surface area contributed by atoms with Gasteiger partial charge in [0.15, 0.2) is 0 Å². The highest BCUT2D eigenvalue weighted by molar-refractivity contribution is 7.07. The molecule has 2 unspecified atom stereocenters. The molecule has 0 saturated carbocycles. The Bertz CT molecular complexity index is 329. The Morgan fingerprint density at radius 2 is 2.33 bits per heavy atom. The molecule has 0 aromatic carbocycles. The lowest BCUT2D eigenvalue weighted by Crippen LogP contribution is -2.49. The van der Waals surface area contributed by atoms with Gasteiger partial charge in [0.1, 0.15) is 0 Å². The van der Waals surface area contributed by atoms with Crippen molar-refractivity contribution >= 4 is 11.3 Å². The van der Waals surface area contributed by atoms with Crippen LogP contribution in [0.4, 0.5) is 0 Å². The number of nitrogens with one attached hydrogen (secondary N) is 1. The lowest BCUT2D eigenvalue weighted by molar-refractivity contribution is -0.0485. The fourth-order valence-corrected chi connectivity index (χ4v) is 3.00. The molecule has 0 amide bonds. The maximum Gasteiger partial charge on any atom is 0.0674 e. The van der Waals surface area contributed by atoms with E-state index >= 15 is 0 Å². The lowest BCUT2D eigenvalue weighted by Gasteiger charge is -2.36. The predicted molar refractivity (Wildman–Crippen MR) is 77.3 cm³/mol. The van der Waals surface area contributed by atoms with Crippen molar-refractivity contribution in [3.05, 3.63) is 22.4 Å². The number of hydrogen-bond donors (Lipinski definition) is 1. The molecule has 102 valence electrons. The van der Waals surface area contributed by atoms with Crippen LogP contribution in [0, 0.1) is 0 Å².